The van der Waals surface area contributed by atoms with Gasteiger partial charge in [0.15, 0.2) is 0 Å². The number of hydrogen-bond acceptors (Lipinski definition) is 3. The second kappa shape index (κ2) is 7.04. The predicted octanol–water partition coefficient (Wildman–Crippen LogP) is 3.37. The molecule has 1 aliphatic heterocycles. The van der Waals surface area contributed by atoms with E-state index in [0.717, 1.165) is 28.4 Å². The molecule has 0 saturated heterocycles. The number of nitrogens with zero attached hydrogens (tertiary/aromatic N) is 2. The third kappa shape index (κ3) is 3.78. The van der Waals surface area contributed by atoms with Gasteiger partial charge in [-0.3, -0.25) is 9.10 Å². The predicted molar refractivity (Wildman–Crippen MR) is 108 cm³/mol. The summed E-state index contributed by atoms with van der Waals surface area (Å²) in [6.45, 7) is 2.05. The lowest BCUT2D eigenvalue weighted by atomic mass is 10.1. The van der Waals surface area contributed by atoms with Crippen molar-refractivity contribution in [2.24, 2.45) is 0 Å². The van der Waals surface area contributed by atoms with Crippen LogP contribution >= 0.6 is 15.9 Å². The average molecular weight is 437 g/mol. The Morgan fingerprint density at radius 3 is 2.50 bits per heavy atom. The summed E-state index contributed by atoms with van der Waals surface area (Å²) in [5.41, 5.74) is 3.58. The minimum absolute atomic E-state index is 0.0443. The summed E-state index contributed by atoms with van der Waals surface area (Å²) in [5.74, 6) is 0.0443. The largest absolute Gasteiger partial charge is 0.309 e. The maximum atomic E-state index is 12.9. The van der Waals surface area contributed by atoms with Crippen LogP contribution in [-0.4, -0.2) is 33.7 Å². The number of rotatable bonds is 4. The maximum Gasteiger partial charge on any atom is 0.231 e. The highest BCUT2D eigenvalue weighted by Gasteiger charge is 2.30. The van der Waals surface area contributed by atoms with Crippen molar-refractivity contribution in [3.8, 4) is 0 Å². The van der Waals surface area contributed by atoms with Crippen LogP contribution in [-0.2, 0) is 27.7 Å². The van der Waals surface area contributed by atoms with Crippen molar-refractivity contribution < 1.29 is 13.2 Å². The summed E-state index contributed by atoms with van der Waals surface area (Å²) in [6, 6.07) is 13.2. The van der Waals surface area contributed by atoms with Crippen LogP contribution in [0.4, 0.5) is 11.4 Å². The first-order chi connectivity index (χ1) is 12.2. The van der Waals surface area contributed by atoms with Gasteiger partial charge in [-0.25, -0.2) is 8.42 Å². The number of hydrogen-bond donors (Lipinski definition) is 0. The zero-order chi connectivity index (χ0) is 19.1. The first-order valence-corrected chi connectivity index (χ1v) is 10.9. The van der Waals surface area contributed by atoms with Crippen LogP contribution in [0.1, 0.15) is 18.1 Å². The summed E-state index contributed by atoms with van der Waals surface area (Å²) < 4.78 is 25.4. The van der Waals surface area contributed by atoms with Crippen molar-refractivity contribution in [1.29, 1.82) is 0 Å². The standard InChI is InChI=1S/C19H21BrN2O3S/c1-13-10-15-12-16(20)6-9-18(15)22(13)19(23)11-14-4-7-17(8-5-14)21(2)26(3,24)25/h4-9,12-13H,10-11H2,1-3H3. The van der Waals surface area contributed by atoms with Crippen LogP contribution in [0.25, 0.3) is 0 Å². The normalized spacial score (nSPS) is 16.5. The highest BCUT2D eigenvalue weighted by atomic mass is 79.9. The number of amides is 1. The van der Waals surface area contributed by atoms with E-state index in [-0.39, 0.29) is 18.4 Å². The van der Waals surface area contributed by atoms with Crippen LogP contribution in [0.3, 0.4) is 0 Å². The number of carbonyl (C=O) groups excluding carboxylic acids is 1. The van der Waals surface area contributed by atoms with Gasteiger partial charge < -0.3 is 4.90 Å². The summed E-state index contributed by atoms with van der Waals surface area (Å²) in [7, 11) is -1.78. The summed E-state index contributed by atoms with van der Waals surface area (Å²) >= 11 is 3.48. The zero-order valence-corrected chi connectivity index (χ0v) is 17.3. The van der Waals surface area contributed by atoms with E-state index in [2.05, 4.69) is 28.9 Å². The fourth-order valence-corrected chi connectivity index (χ4v) is 4.17. The molecule has 2 aromatic carbocycles. The van der Waals surface area contributed by atoms with Crippen molar-refractivity contribution >= 4 is 43.2 Å². The molecule has 0 aromatic heterocycles. The Labute approximate surface area is 162 Å². The molecule has 0 saturated carbocycles. The maximum absolute atomic E-state index is 12.9. The highest BCUT2D eigenvalue weighted by Crippen LogP contribution is 2.34. The van der Waals surface area contributed by atoms with Gasteiger partial charge in [-0.15, -0.1) is 0 Å². The molecule has 2 aromatic rings. The molecule has 0 spiro atoms. The van der Waals surface area contributed by atoms with Crippen LogP contribution in [0.15, 0.2) is 46.9 Å². The fourth-order valence-electron chi connectivity index (χ4n) is 3.25. The van der Waals surface area contributed by atoms with Crippen LogP contribution in [0.5, 0.6) is 0 Å². The summed E-state index contributed by atoms with van der Waals surface area (Å²) in [6.07, 6.45) is 2.29. The molecule has 0 fully saturated rings. The van der Waals surface area contributed by atoms with E-state index in [0.29, 0.717) is 5.69 Å². The van der Waals surface area contributed by atoms with Crippen molar-refractivity contribution in [2.75, 3.05) is 22.5 Å². The second-order valence-electron chi connectivity index (χ2n) is 6.66. The van der Waals surface area contributed by atoms with Crippen LogP contribution < -0.4 is 9.21 Å². The molecule has 1 atom stereocenters. The Morgan fingerprint density at radius 1 is 1.23 bits per heavy atom. The SMILES string of the molecule is CC1Cc2cc(Br)ccc2N1C(=O)Cc1ccc(N(C)S(C)(=O)=O)cc1. The zero-order valence-electron chi connectivity index (χ0n) is 14.9. The molecular formula is C19H21BrN2O3S. The van der Waals surface area contributed by atoms with Crippen LogP contribution in [0.2, 0.25) is 0 Å². The molecule has 7 heteroatoms. The number of benzene rings is 2. The quantitative estimate of drug-likeness (QED) is 0.737. The van der Waals surface area contributed by atoms with E-state index in [1.807, 2.05) is 17.0 Å². The number of sulfonamides is 1. The molecule has 0 radical (unpaired) electrons. The van der Waals surface area contributed by atoms with E-state index in [1.54, 1.807) is 24.3 Å². The van der Waals surface area contributed by atoms with Crippen molar-refractivity contribution in [2.45, 2.75) is 25.8 Å². The lowest BCUT2D eigenvalue weighted by Gasteiger charge is -2.23. The number of fused-ring (bicyclic) bond motifs is 1. The summed E-state index contributed by atoms with van der Waals surface area (Å²) in [4.78, 5) is 14.7. The molecule has 1 amide bonds. The van der Waals surface area contributed by atoms with E-state index in [9.17, 15) is 13.2 Å². The molecule has 138 valence electrons. The third-order valence-corrected chi connectivity index (χ3v) is 6.38. The monoisotopic (exact) mass is 436 g/mol. The van der Waals surface area contributed by atoms with Gasteiger partial charge in [-0.2, -0.15) is 0 Å². The van der Waals surface area contributed by atoms with Crippen molar-refractivity contribution in [3.05, 3.63) is 58.1 Å². The van der Waals surface area contributed by atoms with Gasteiger partial charge in [-0.1, -0.05) is 28.1 Å². The molecule has 1 unspecified atom stereocenters. The molecule has 0 aliphatic carbocycles. The van der Waals surface area contributed by atoms with Crippen LogP contribution in [0, 0.1) is 0 Å². The van der Waals surface area contributed by atoms with Gasteiger partial charge >= 0.3 is 0 Å². The minimum Gasteiger partial charge on any atom is -0.309 e. The van der Waals surface area contributed by atoms with Gasteiger partial charge in [0.05, 0.1) is 18.4 Å². The van der Waals surface area contributed by atoms with Gasteiger partial charge in [-0.05, 0) is 54.8 Å². The van der Waals surface area contributed by atoms with E-state index < -0.39 is 10.0 Å². The first-order valence-electron chi connectivity index (χ1n) is 8.30. The third-order valence-electron chi connectivity index (χ3n) is 4.68. The number of anilines is 2. The van der Waals surface area contributed by atoms with Gasteiger partial charge in [0, 0.05) is 23.2 Å². The highest BCUT2D eigenvalue weighted by molar-refractivity contribution is 9.10. The fraction of sp³-hybridized carbons (Fsp3) is 0.316. The Bertz CT molecular complexity index is 942. The van der Waals surface area contributed by atoms with E-state index in [4.69, 9.17) is 0 Å². The molecule has 1 heterocycles. The Kier molecular flexibility index (Phi) is 5.12. The summed E-state index contributed by atoms with van der Waals surface area (Å²) in [5, 5.41) is 0. The van der Waals surface area contributed by atoms with Crippen molar-refractivity contribution in [3.63, 3.8) is 0 Å². The van der Waals surface area contributed by atoms with Gasteiger partial charge in [0.2, 0.25) is 15.9 Å². The Morgan fingerprint density at radius 2 is 1.88 bits per heavy atom. The first kappa shape index (κ1) is 18.9. The molecule has 26 heavy (non-hydrogen) atoms. The lowest BCUT2D eigenvalue weighted by molar-refractivity contribution is -0.118. The second-order valence-corrected chi connectivity index (χ2v) is 9.59. The molecule has 3 rings (SSSR count). The number of carbonyl (C=O) groups is 1. The molecule has 1 aliphatic rings. The molecule has 0 bridgehead atoms. The lowest BCUT2D eigenvalue weighted by Crippen LogP contribution is -2.36. The van der Waals surface area contributed by atoms with E-state index >= 15 is 0 Å². The van der Waals surface area contributed by atoms with E-state index in [1.165, 1.54) is 16.9 Å². The Hall–Kier alpha value is -1.86. The number of halogens is 1. The molecular weight excluding hydrogens is 416 g/mol. The average Bonchev–Trinajstić information content (AvgIpc) is 2.89. The van der Waals surface area contributed by atoms with Crippen molar-refractivity contribution in [1.82, 2.24) is 0 Å². The minimum atomic E-state index is -3.29. The topological polar surface area (TPSA) is 57.7 Å². The van der Waals surface area contributed by atoms with Gasteiger partial charge in [0.25, 0.3) is 0 Å². The Balaban J connectivity index is 1.77. The van der Waals surface area contributed by atoms with Gasteiger partial charge in [0.1, 0.15) is 0 Å². The smallest absolute Gasteiger partial charge is 0.231 e. The molecule has 5 nitrogen and oxygen atoms in total. The molecule has 0 N–H and O–H groups in total.